The van der Waals surface area contributed by atoms with Gasteiger partial charge < -0.3 is 5.32 Å². The van der Waals surface area contributed by atoms with Crippen molar-refractivity contribution in [3.8, 4) is 0 Å². The maximum absolute atomic E-state index is 12.3. The maximum Gasteiger partial charge on any atom is 0.471 e. The van der Waals surface area contributed by atoms with E-state index >= 15 is 0 Å². The molecule has 0 saturated carbocycles. The predicted molar refractivity (Wildman–Crippen MR) is 109 cm³/mol. The van der Waals surface area contributed by atoms with Gasteiger partial charge in [-0.2, -0.15) is 18.3 Å². The number of halogens is 3. The van der Waals surface area contributed by atoms with Crippen molar-refractivity contribution in [2.75, 3.05) is 17.5 Å². The molecule has 0 radical (unpaired) electrons. The Morgan fingerprint density at radius 1 is 1.23 bits per heavy atom. The van der Waals surface area contributed by atoms with Crippen LogP contribution in [0, 0.1) is 0 Å². The van der Waals surface area contributed by atoms with E-state index in [0.29, 0.717) is 18.5 Å². The van der Waals surface area contributed by atoms with Crippen molar-refractivity contribution >= 4 is 33.4 Å². The zero-order valence-electron chi connectivity index (χ0n) is 16.7. The van der Waals surface area contributed by atoms with Gasteiger partial charge in [0.05, 0.1) is 29.1 Å². The van der Waals surface area contributed by atoms with Crippen LogP contribution in [-0.2, 0) is 34.2 Å². The van der Waals surface area contributed by atoms with Crippen LogP contribution in [-0.4, -0.2) is 43.1 Å². The number of anilines is 1. The van der Waals surface area contributed by atoms with Gasteiger partial charge in [0.2, 0.25) is 10.0 Å². The number of nitrogens with zero attached hydrogens (tertiary/aromatic N) is 2. The van der Waals surface area contributed by atoms with Gasteiger partial charge in [-0.25, -0.2) is 8.42 Å². The lowest BCUT2D eigenvalue weighted by molar-refractivity contribution is -0.173. The van der Waals surface area contributed by atoms with Crippen LogP contribution in [0.3, 0.4) is 0 Å². The largest absolute Gasteiger partial charge is 0.471 e. The van der Waals surface area contributed by atoms with Gasteiger partial charge in [0.1, 0.15) is 0 Å². The predicted octanol–water partition coefficient (Wildman–Crippen LogP) is 3.21. The van der Waals surface area contributed by atoms with Crippen molar-refractivity contribution in [1.29, 1.82) is 0 Å². The summed E-state index contributed by atoms with van der Waals surface area (Å²) in [5.41, 5.74) is 2.04. The zero-order chi connectivity index (χ0) is 22.5. The van der Waals surface area contributed by atoms with Crippen LogP contribution in [0.5, 0.6) is 0 Å². The highest BCUT2D eigenvalue weighted by Crippen LogP contribution is 2.35. The van der Waals surface area contributed by atoms with Crippen LogP contribution < -0.4 is 10.0 Å². The van der Waals surface area contributed by atoms with Crippen molar-refractivity contribution in [3.63, 3.8) is 0 Å². The number of hydrogen-bond acceptors (Lipinski definition) is 5. The Labute approximate surface area is 177 Å². The van der Waals surface area contributed by atoms with Crippen molar-refractivity contribution in [2.45, 2.75) is 49.2 Å². The third-order valence-corrected chi connectivity index (χ3v) is 5.74. The molecule has 7 nitrogen and oxygen atoms in total. The number of aryl methyl sites for hydroxylation is 1. The van der Waals surface area contributed by atoms with Crippen LogP contribution in [0.25, 0.3) is 0 Å². The second-order valence-electron chi connectivity index (χ2n) is 6.41. The Balaban J connectivity index is 2.22. The third-order valence-electron chi connectivity index (χ3n) is 3.97. The Morgan fingerprint density at radius 3 is 2.50 bits per heavy atom. The molecule has 2 aromatic rings. The second kappa shape index (κ2) is 9.73. The summed E-state index contributed by atoms with van der Waals surface area (Å²) >= 11 is 1.41. The molecule has 0 aliphatic carbocycles. The number of benzene rings is 1. The summed E-state index contributed by atoms with van der Waals surface area (Å²) in [5, 5.41) is 6.34. The molecule has 0 aliphatic rings. The average Bonchev–Trinajstić information content (AvgIpc) is 2.96. The summed E-state index contributed by atoms with van der Waals surface area (Å²) in [7, 11) is -3.41. The van der Waals surface area contributed by atoms with Crippen LogP contribution in [0.4, 0.5) is 18.9 Å². The molecule has 0 aliphatic heterocycles. The summed E-state index contributed by atoms with van der Waals surface area (Å²) in [5.74, 6) is -1.98. The Morgan fingerprint density at radius 2 is 1.93 bits per heavy atom. The third kappa shape index (κ3) is 6.66. The molecule has 30 heavy (non-hydrogen) atoms. The smallest absolute Gasteiger partial charge is 0.346 e. The van der Waals surface area contributed by atoms with Crippen molar-refractivity contribution < 1.29 is 26.4 Å². The molecule has 0 saturated heterocycles. The molecular formula is C18H23F3N4O3S2. The van der Waals surface area contributed by atoms with E-state index < -0.39 is 22.1 Å². The first-order chi connectivity index (χ1) is 13.9. The normalized spacial score (nSPS) is 12.1. The van der Waals surface area contributed by atoms with E-state index in [9.17, 15) is 26.4 Å². The molecule has 166 valence electrons. The van der Waals surface area contributed by atoms with Crippen molar-refractivity contribution in [2.24, 2.45) is 0 Å². The molecule has 0 fully saturated rings. The number of carbonyl (C=O) groups is 1. The summed E-state index contributed by atoms with van der Waals surface area (Å²) in [4.78, 5) is 12.7. The summed E-state index contributed by atoms with van der Waals surface area (Å²) in [6, 6.07) is 6.90. The topological polar surface area (TPSA) is 93.1 Å². The van der Waals surface area contributed by atoms with Gasteiger partial charge in [-0.05, 0) is 31.0 Å². The van der Waals surface area contributed by atoms with Gasteiger partial charge in [0.15, 0.2) is 0 Å². The molecule has 1 amide bonds. The van der Waals surface area contributed by atoms with E-state index in [1.54, 1.807) is 22.9 Å². The summed E-state index contributed by atoms with van der Waals surface area (Å²) in [6.45, 7) is 3.73. The van der Waals surface area contributed by atoms with Crippen LogP contribution >= 0.6 is 11.8 Å². The Kier molecular flexibility index (Phi) is 7.81. The minimum absolute atomic E-state index is 0.105. The number of aromatic nitrogens is 2. The molecular weight excluding hydrogens is 441 g/mol. The van der Waals surface area contributed by atoms with Crippen molar-refractivity contribution in [1.82, 2.24) is 15.1 Å². The van der Waals surface area contributed by atoms with Crippen LogP contribution in [0.1, 0.15) is 25.2 Å². The number of amides is 1. The zero-order valence-corrected chi connectivity index (χ0v) is 18.3. The van der Waals surface area contributed by atoms with E-state index in [1.807, 2.05) is 25.2 Å². The SMILES string of the molecule is CCc1nn(CCNC(=O)C(F)(F)F)c(CC)c1Sc1cccc(NS(C)(=O)=O)c1. The van der Waals surface area contributed by atoms with Gasteiger partial charge in [-0.3, -0.25) is 14.2 Å². The molecule has 0 spiro atoms. The molecule has 2 N–H and O–H groups in total. The minimum Gasteiger partial charge on any atom is -0.346 e. The highest BCUT2D eigenvalue weighted by atomic mass is 32.2. The number of hydrogen-bond donors (Lipinski definition) is 2. The first-order valence-electron chi connectivity index (χ1n) is 9.13. The Hall–Kier alpha value is -2.21. The summed E-state index contributed by atoms with van der Waals surface area (Å²) < 4.78 is 64.0. The van der Waals surface area contributed by atoms with Gasteiger partial charge in [0.25, 0.3) is 0 Å². The number of alkyl halides is 3. The highest BCUT2D eigenvalue weighted by Gasteiger charge is 2.38. The molecule has 1 aromatic heterocycles. The first kappa shape index (κ1) is 24.1. The minimum atomic E-state index is -4.92. The molecule has 1 heterocycles. The number of nitrogens with one attached hydrogen (secondary N) is 2. The van der Waals surface area contributed by atoms with Crippen molar-refractivity contribution in [3.05, 3.63) is 35.7 Å². The fourth-order valence-corrected chi connectivity index (χ4v) is 4.54. The van der Waals surface area contributed by atoms with Crippen LogP contribution in [0.2, 0.25) is 0 Å². The molecule has 0 atom stereocenters. The highest BCUT2D eigenvalue weighted by molar-refractivity contribution is 7.99. The molecule has 1 aromatic carbocycles. The maximum atomic E-state index is 12.3. The fourth-order valence-electron chi connectivity index (χ4n) is 2.74. The number of rotatable bonds is 9. The molecule has 0 bridgehead atoms. The van der Waals surface area contributed by atoms with Crippen LogP contribution in [0.15, 0.2) is 34.1 Å². The lowest BCUT2D eigenvalue weighted by Gasteiger charge is -2.11. The molecule has 0 unspecified atom stereocenters. The second-order valence-corrected chi connectivity index (χ2v) is 9.24. The van der Waals surface area contributed by atoms with Gasteiger partial charge >= 0.3 is 12.1 Å². The lowest BCUT2D eigenvalue weighted by Crippen LogP contribution is -2.38. The van der Waals surface area contributed by atoms with Gasteiger partial charge in [-0.15, -0.1) is 0 Å². The quantitative estimate of drug-likeness (QED) is 0.595. The average molecular weight is 465 g/mol. The molecule has 2 rings (SSSR count). The number of sulfonamides is 1. The van der Waals surface area contributed by atoms with E-state index in [0.717, 1.165) is 27.4 Å². The molecule has 12 heteroatoms. The van der Waals surface area contributed by atoms with E-state index in [4.69, 9.17) is 0 Å². The van der Waals surface area contributed by atoms with E-state index in [-0.39, 0.29) is 13.1 Å². The lowest BCUT2D eigenvalue weighted by atomic mass is 10.2. The van der Waals surface area contributed by atoms with E-state index in [2.05, 4.69) is 9.82 Å². The summed E-state index contributed by atoms with van der Waals surface area (Å²) in [6.07, 6.45) is -2.65. The van der Waals surface area contributed by atoms with E-state index in [1.165, 1.54) is 11.8 Å². The fraction of sp³-hybridized carbons (Fsp3) is 0.444. The van der Waals surface area contributed by atoms with Gasteiger partial charge in [-0.1, -0.05) is 31.7 Å². The Bertz CT molecular complexity index is 1000. The number of carbonyl (C=O) groups excluding carboxylic acids is 1. The monoisotopic (exact) mass is 464 g/mol. The first-order valence-corrected chi connectivity index (χ1v) is 11.8. The standard InChI is InChI=1S/C18H23F3N4O3S2/c1-4-14-16(29-13-8-6-7-12(11-13)24-30(3,27)28)15(5-2)25(23-14)10-9-22-17(26)18(19,20)21/h6-8,11,24H,4-5,9-10H2,1-3H3,(H,22,26). The van der Waals surface area contributed by atoms with Gasteiger partial charge in [0, 0.05) is 17.1 Å².